The van der Waals surface area contributed by atoms with Crippen molar-refractivity contribution in [3.05, 3.63) is 29.0 Å². The first kappa shape index (κ1) is 8.02. The molecule has 64 valence electrons. The van der Waals surface area contributed by atoms with Crippen molar-refractivity contribution in [1.29, 1.82) is 0 Å². The molecule has 12 heavy (non-hydrogen) atoms. The normalized spacial score (nSPS) is 27.2. The Kier molecular flexibility index (Phi) is 2.03. The molecule has 0 bridgehead atoms. The Hall–Kier alpha value is -0.600. The molecule has 2 rings (SSSR count). The highest BCUT2D eigenvalue weighted by atomic mass is 35.5. The van der Waals surface area contributed by atoms with Gasteiger partial charge in [-0.25, -0.2) is 0 Å². The van der Waals surface area contributed by atoms with Crippen LogP contribution in [0.5, 0.6) is 0 Å². The maximum Gasteiger partial charge on any atom is 0.0624 e. The lowest BCUT2D eigenvalue weighted by molar-refractivity contribution is 0.809. The molecule has 0 spiro atoms. The molecule has 1 saturated carbocycles. The van der Waals surface area contributed by atoms with Gasteiger partial charge >= 0.3 is 0 Å². The van der Waals surface area contributed by atoms with Crippen LogP contribution in [0.1, 0.15) is 17.9 Å². The highest BCUT2D eigenvalue weighted by molar-refractivity contribution is 6.31. The van der Waals surface area contributed by atoms with Gasteiger partial charge in [-0.15, -0.1) is 0 Å². The number of aromatic nitrogens is 1. The van der Waals surface area contributed by atoms with Gasteiger partial charge in [0, 0.05) is 12.4 Å². The number of nitrogens with zero attached hydrogens (tertiary/aromatic N) is 1. The first-order valence-corrected chi connectivity index (χ1v) is 4.50. The third-order valence-corrected chi connectivity index (χ3v) is 2.74. The number of nitrogens with two attached hydrogens (primary N) is 1. The lowest BCUT2D eigenvalue weighted by Crippen LogP contribution is -2.02. The van der Waals surface area contributed by atoms with E-state index >= 15 is 0 Å². The van der Waals surface area contributed by atoms with E-state index in [1.165, 1.54) is 12.0 Å². The summed E-state index contributed by atoms with van der Waals surface area (Å²) in [6.45, 7) is 0.767. The van der Waals surface area contributed by atoms with E-state index in [0.29, 0.717) is 11.8 Å². The molecule has 2 atom stereocenters. The molecule has 1 fully saturated rings. The van der Waals surface area contributed by atoms with Crippen molar-refractivity contribution >= 4 is 11.6 Å². The second-order valence-corrected chi connectivity index (χ2v) is 3.64. The van der Waals surface area contributed by atoms with E-state index in [1.807, 2.05) is 6.07 Å². The Balaban J connectivity index is 2.19. The third kappa shape index (κ3) is 1.32. The molecule has 3 heteroatoms. The fraction of sp³-hybridized carbons (Fsp3) is 0.444. The Bertz CT molecular complexity index is 288. The lowest BCUT2D eigenvalue weighted by atomic mass is 10.1. The lowest BCUT2D eigenvalue weighted by Gasteiger charge is -2.00. The van der Waals surface area contributed by atoms with Crippen LogP contribution in [0.3, 0.4) is 0 Å². The summed E-state index contributed by atoms with van der Waals surface area (Å²) in [5, 5.41) is 0.776. The van der Waals surface area contributed by atoms with E-state index < -0.39 is 0 Å². The van der Waals surface area contributed by atoms with Crippen LogP contribution in [-0.2, 0) is 0 Å². The summed E-state index contributed by atoms with van der Waals surface area (Å²) in [6, 6.07) is 1.99. The van der Waals surface area contributed by atoms with Gasteiger partial charge in [0.1, 0.15) is 0 Å². The Morgan fingerprint density at radius 2 is 2.50 bits per heavy atom. The molecule has 1 aliphatic carbocycles. The fourth-order valence-corrected chi connectivity index (χ4v) is 1.84. The molecular formula is C9H11ClN2. The highest BCUT2D eigenvalue weighted by Gasteiger charge is 2.37. The average molecular weight is 183 g/mol. The van der Waals surface area contributed by atoms with Crippen molar-refractivity contribution in [2.24, 2.45) is 11.7 Å². The molecule has 2 unspecified atom stereocenters. The summed E-state index contributed by atoms with van der Waals surface area (Å²) >= 11 is 5.98. The third-order valence-electron chi connectivity index (χ3n) is 2.43. The monoisotopic (exact) mass is 182 g/mol. The number of rotatable bonds is 2. The SMILES string of the molecule is NCC1CC1c1ccncc1Cl. The van der Waals surface area contributed by atoms with E-state index in [2.05, 4.69) is 4.98 Å². The smallest absolute Gasteiger partial charge is 0.0624 e. The van der Waals surface area contributed by atoms with E-state index in [0.717, 1.165) is 11.6 Å². The number of pyridine rings is 1. The molecule has 0 amide bonds. The summed E-state index contributed by atoms with van der Waals surface area (Å²) in [7, 11) is 0. The first-order chi connectivity index (χ1) is 5.83. The molecule has 1 aliphatic rings. The number of halogens is 1. The van der Waals surface area contributed by atoms with E-state index in [1.54, 1.807) is 12.4 Å². The summed E-state index contributed by atoms with van der Waals surface area (Å²) < 4.78 is 0. The standard InChI is InChI=1S/C9H11ClN2/c10-9-5-12-2-1-7(9)8-3-6(8)4-11/h1-2,5-6,8H,3-4,11H2. The Morgan fingerprint density at radius 1 is 1.67 bits per heavy atom. The van der Waals surface area contributed by atoms with Gasteiger partial charge in [0.2, 0.25) is 0 Å². The molecule has 0 aromatic carbocycles. The number of hydrogen-bond acceptors (Lipinski definition) is 2. The van der Waals surface area contributed by atoms with Crippen molar-refractivity contribution in [1.82, 2.24) is 4.98 Å². The van der Waals surface area contributed by atoms with Crippen LogP contribution in [-0.4, -0.2) is 11.5 Å². The van der Waals surface area contributed by atoms with Crippen LogP contribution in [0.15, 0.2) is 18.5 Å². The van der Waals surface area contributed by atoms with Crippen molar-refractivity contribution in [2.75, 3.05) is 6.54 Å². The molecule has 0 saturated heterocycles. The molecule has 0 aliphatic heterocycles. The van der Waals surface area contributed by atoms with Crippen LogP contribution >= 0.6 is 11.6 Å². The predicted molar refractivity (Wildman–Crippen MR) is 49.1 cm³/mol. The molecule has 1 heterocycles. The van der Waals surface area contributed by atoms with Gasteiger partial charge in [-0.2, -0.15) is 0 Å². The maximum atomic E-state index is 5.98. The maximum absolute atomic E-state index is 5.98. The van der Waals surface area contributed by atoms with Crippen molar-refractivity contribution in [2.45, 2.75) is 12.3 Å². The van der Waals surface area contributed by atoms with Gasteiger partial charge in [-0.05, 0) is 36.4 Å². The van der Waals surface area contributed by atoms with E-state index in [9.17, 15) is 0 Å². The van der Waals surface area contributed by atoms with Gasteiger partial charge in [-0.3, -0.25) is 4.98 Å². The first-order valence-electron chi connectivity index (χ1n) is 4.12. The van der Waals surface area contributed by atoms with Crippen LogP contribution in [0.4, 0.5) is 0 Å². The fourth-order valence-electron chi connectivity index (χ4n) is 1.58. The van der Waals surface area contributed by atoms with Crippen LogP contribution in [0.25, 0.3) is 0 Å². The van der Waals surface area contributed by atoms with Gasteiger partial charge in [0.15, 0.2) is 0 Å². The molecular weight excluding hydrogens is 172 g/mol. The number of hydrogen-bond donors (Lipinski definition) is 1. The summed E-state index contributed by atoms with van der Waals surface area (Å²) in [5.41, 5.74) is 6.76. The zero-order valence-corrected chi connectivity index (χ0v) is 7.46. The molecule has 0 radical (unpaired) electrons. The van der Waals surface area contributed by atoms with Crippen LogP contribution in [0, 0.1) is 5.92 Å². The van der Waals surface area contributed by atoms with E-state index in [-0.39, 0.29) is 0 Å². The molecule has 2 nitrogen and oxygen atoms in total. The summed E-state index contributed by atoms with van der Waals surface area (Å²) in [5.74, 6) is 1.23. The zero-order chi connectivity index (χ0) is 8.55. The minimum Gasteiger partial charge on any atom is -0.330 e. The quantitative estimate of drug-likeness (QED) is 0.758. The molecule has 1 aromatic rings. The minimum absolute atomic E-state index is 0.588. The molecule has 2 N–H and O–H groups in total. The largest absolute Gasteiger partial charge is 0.330 e. The van der Waals surface area contributed by atoms with Crippen molar-refractivity contribution in [3.8, 4) is 0 Å². The van der Waals surface area contributed by atoms with Gasteiger partial charge in [0.05, 0.1) is 5.02 Å². The van der Waals surface area contributed by atoms with Crippen LogP contribution in [0.2, 0.25) is 5.02 Å². The van der Waals surface area contributed by atoms with Gasteiger partial charge < -0.3 is 5.73 Å². The zero-order valence-electron chi connectivity index (χ0n) is 6.70. The summed E-state index contributed by atoms with van der Waals surface area (Å²) in [6.07, 6.45) is 4.66. The van der Waals surface area contributed by atoms with Crippen molar-refractivity contribution < 1.29 is 0 Å². The van der Waals surface area contributed by atoms with Crippen molar-refractivity contribution in [3.63, 3.8) is 0 Å². The Labute approximate surface area is 76.7 Å². The second-order valence-electron chi connectivity index (χ2n) is 3.24. The second kappa shape index (κ2) is 3.04. The topological polar surface area (TPSA) is 38.9 Å². The van der Waals surface area contributed by atoms with E-state index in [4.69, 9.17) is 17.3 Å². The highest BCUT2D eigenvalue weighted by Crippen LogP contribution is 2.48. The average Bonchev–Trinajstić information content (AvgIpc) is 2.84. The molecule has 1 aromatic heterocycles. The summed E-state index contributed by atoms with van der Waals surface area (Å²) in [4.78, 5) is 3.94. The predicted octanol–water partition coefficient (Wildman–Crippen LogP) is 1.80. The van der Waals surface area contributed by atoms with Gasteiger partial charge in [-0.1, -0.05) is 11.6 Å². The van der Waals surface area contributed by atoms with Gasteiger partial charge in [0.25, 0.3) is 0 Å². The van der Waals surface area contributed by atoms with Crippen LogP contribution < -0.4 is 5.73 Å². The minimum atomic E-state index is 0.588. The Morgan fingerprint density at radius 3 is 3.08 bits per heavy atom.